The number of aromatic nitrogens is 1. The van der Waals surface area contributed by atoms with Gasteiger partial charge in [0.05, 0.1) is 10.7 Å². The normalized spacial score (nSPS) is 13.5. The van der Waals surface area contributed by atoms with E-state index in [2.05, 4.69) is 9.88 Å². The van der Waals surface area contributed by atoms with Gasteiger partial charge in [-0.3, -0.25) is 9.69 Å². The minimum Gasteiger partial charge on any atom is -0.473 e. The molecule has 0 spiro atoms. The van der Waals surface area contributed by atoms with Gasteiger partial charge in [-0.25, -0.2) is 9.37 Å². The molecule has 0 aliphatic carbocycles. The van der Waals surface area contributed by atoms with E-state index in [0.29, 0.717) is 35.2 Å². The molecule has 0 unspecified atom stereocenters. The van der Waals surface area contributed by atoms with Crippen LogP contribution in [-0.4, -0.2) is 35.5 Å². The maximum absolute atomic E-state index is 14.2. The Morgan fingerprint density at radius 3 is 2.75 bits per heavy atom. The molecule has 166 valence electrons. The van der Waals surface area contributed by atoms with Crippen LogP contribution in [0.15, 0.2) is 54.6 Å². The van der Waals surface area contributed by atoms with E-state index in [1.165, 1.54) is 13.0 Å². The van der Waals surface area contributed by atoms with E-state index >= 15 is 0 Å². The number of nitrogens with zero attached hydrogens (tertiary/aromatic N) is 2. The van der Waals surface area contributed by atoms with Gasteiger partial charge < -0.3 is 9.47 Å². The van der Waals surface area contributed by atoms with Gasteiger partial charge in [-0.05, 0) is 11.6 Å². The number of rotatable bonds is 7. The fraction of sp³-hybridized carbons (Fsp3) is 0.280. The van der Waals surface area contributed by atoms with E-state index in [9.17, 15) is 9.18 Å². The number of pyridine rings is 1. The molecule has 1 aliphatic heterocycles. The van der Waals surface area contributed by atoms with E-state index in [4.69, 9.17) is 21.1 Å². The molecule has 3 aromatic rings. The van der Waals surface area contributed by atoms with Gasteiger partial charge in [0.2, 0.25) is 5.88 Å². The Morgan fingerprint density at radius 2 is 1.94 bits per heavy atom. The van der Waals surface area contributed by atoms with Gasteiger partial charge in [-0.2, -0.15) is 0 Å². The Morgan fingerprint density at radius 1 is 1.12 bits per heavy atom. The van der Waals surface area contributed by atoms with Crippen LogP contribution in [-0.2, 0) is 29.1 Å². The monoisotopic (exact) mass is 454 g/mol. The Hall–Kier alpha value is -2.96. The SMILES string of the molecule is CC(=O)OCCN1CCc2nc(OCc3cccc(-c4ccccc4F)c3Cl)ccc2C1. The third-order valence-electron chi connectivity index (χ3n) is 5.43. The molecule has 0 fully saturated rings. The second-order valence-corrected chi connectivity index (χ2v) is 8.05. The third kappa shape index (κ3) is 5.26. The van der Waals surface area contributed by atoms with Crippen LogP contribution < -0.4 is 4.74 Å². The second-order valence-electron chi connectivity index (χ2n) is 7.67. The number of hydrogen-bond acceptors (Lipinski definition) is 5. The average Bonchev–Trinajstić information content (AvgIpc) is 2.79. The molecule has 5 nitrogen and oxygen atoms in total. The molecule has 0 atom stereocenters. The van der Waals surface area contributed by atoms with Crippen molar-refractivity contribution >= 4 is 17.6 Å². The van der Waals surface area contributed by atoms with Crippen LogP contribution in [0.25, 0.3) is 11.1 Å². The van der Waals surface area contributed by atoms with Crippen LogP contribution in [0.4, 0.5) is 4.39 Å². The first-order chi connectivity index (χ1) is 15.5. The van der Waals surface area contributed by atoms with Crippen molar-refractivity contribution in [3.8, 4) is 17.0 Å². The number of halogens is 2. The summed E-state index contributed by atoms with van der Waals surface area (Å²) < 4.78 is 25.2. The quantitative estimate of drug-likeness (QED) is 0.468. The van der Waals surface area contributed by atoms with Gasteiger partial charge in [0, 0.05) is 55.7 Å². The van der Waals surface area contributed by atoms with Crippen molar-refractivity contribution in [1.29, 1.82) is 0 Å². The minimum atomic E-state index is -0.314. The lowest BCUT2D eigenvalue weighted by molar-refractivity contribution is -0.141. The Bertz CT molecular complexity index is 1120. The van der Waals surface area contributed by atoms with E-state index in [1.807, 2.05) is 24.3 Å². The molecule has 0 N–H and O–H groups in total. The number of carbonyl (C=O) groups excluding carboxylic acids is 1. The number of fused-ring (bicyclic) bond motifs is 1. The average molecular weight is 455 g/mol. The van der Waals surface area contributed by atoms with E-state index in [-0.39, 0.29) is 18.4 Å². The highest BCUT2D eigenvalue weighted by molar-refractivity contribution is 6.34. The molecule has 32 heavy (non-hydrogen) atoms. The molecular formula is C25H24ClFN2O3. The van der Waals surface area contributed by atoms with E-state index < -0.39 is 0 Å². The number of ether oxygens (including phenoxy) is 2. The molecular weight excluding hydrogens is 431 g/mol. The summed E-state index contributed by atoms with van der Waals surface area (Å²) >= 11 is 6.57. The van der Waals surface area contributed by atoms with Crippen LogP contribution in [0.5, 0.6) is 5.88 Å². The number of benzene rings is 2. The van der Waals surface area contributed by atoms with Crippen molar-refractivity contribution in [3.05, 3.63) is 82.3 Å². The second kappa shape index (κ2) is 10.1. The van der Waals surface area contributed by atoms with Crippen molar-refractivity contribution < 1.29 is 18.7 Å². The van der Waals surface area contributed by atoms with Crippen molar-refractivity contribution in [3.63, 3.8) is 0 Å². The van der Waals surface area contributed by atoms with E-state index in [1.54, 1.807) is 24.3 Å². The first-order valence-corrected chi connectivity index (χ1v) is 10.9. The summed E-state index contributed by atoms with van der Waals surface area (Å²) in [5.74, 6) is -0.0411. The highest BCUT2D eigenvalue weighted by Gasteiger charge is 2.18. The summed E-state index contributed by atoms with van der Waals surface area (Å²) in [7, 11) is 0. The van der Waals surface area contributed by atoms with Gasteiger partial charge in [0.1, 0.15) is 19.0 Å². The van der Waals surface area contributed by atoms with Crippen LogP contribution in [0.1, 0.15) is 23.7 Å². The molecule has 0 saturated carbocycles. The number of hydrogen-bond donors (Lipinski definition) is 0. The van der Waals surface area contributed by atoms with Crippen LogP contribution >= 0.6 is 11.6 Å². The van der Waals surface area contributed by atoms with Crippen LogP contribution in [0.3, 0.4) is 0 Å². The molecule has 0 amide bonds. The van der Waals surface area contributed by atoms with Gasteiger partial charge >= 0.3 is 5.97 Å². The largest absolute Gasteiger partial charge is 0.473 e. The zero-order chi connectivity index (χ0) is 22.5. The zero-order valence-electron chi connectivity index (χ0n) is 17.8. The van der Waals surface area contributed by atoms with Crippen molar-refractivity contribution in [2.75, 3.05) is 19.7 Å². The summed E-state index contributed by atoms with van der Waals surface area (Å²) in [6.45, 7) is 4.36. The zero-order valence-corrected chi connectivity index (χ0v) is 18.6. The third-order valence-corrected chi connectivity index (χ3v) is 5.88. The smallest absolute Gasteiger partial charge is 0.302 e. The summed E-state index contributed by atoms with van der Waals surface area (Å²) in [4.78, 5) is 17.8. The van der Waals surface area contributed by atoms with Crippen LogP contribution in [0, 0.1) is 5.82 Å². The maximum atomic E-state index is 14.2. The molecule has 2 heterocycles. The summed E-state index contributed by atoms with van der Waals surface area (Å²) in [6, 6.07) is 16.0. The molecule has 0 saturated heterocycles. The lowest BCUT2D eigenvalue weighted by Crippen LogP contribution is -2.34. The molecule has 0 radical (unpaired) electrons. The minimum absolute atomic E-state index is 0.238. The van der Waals surface area contributed by atoms with Crippen molar-refractivity contribution in [1.82, 2.24) is 9.88 Å². The van der Waals surface area contributed by atoms with Crippen molar-refractivity contribution in [2.45, 2.75) is 26.5 Å². The predicted octanol–water partition coefficient (Wildman–Crippen LogP) is 5.04. The molecule has 1 aromatic heterocycles. The standard InChI is InChI=1S/C25H24ClFN2O3/c1-17(30)31-14-13-29-12-11-23-18(15-29)9-10-24(28-23)32-16-19-5-4-7-21(25(19)26)20-6-2-3-8-22(20)27/h2-10H,11-16H2,1H3. The fourth-order valence-corrected chi connectivity index (χ4v) is 4.06. The molecule has 4 rings (SSSR count). The van der Waals surface area contributed by atoms with E-state index in [0.717, 1.165) is 36.3 Å². The number of carbonyl (C=O) groups is 1. The molecule has 1 aliphatic rings. The summed E-state index contributed by atoms with van der Waals surface area (Å²) in [6.07, 6.45) is 0.802. The van der Waals surface area contributed by atoms with Crippen LogP contribution in [0.2, 0.25) is 5.02 Å². The van der Waals surface area contributed by atoms with Gasteiger partial charge in [-0.1, -0.05) is 54.1 Å². The topological polar surface area (TPSA) is 51.7 Å². The lowest BCUT2D eigenvalue weighted by atomic mass is 10.0. The highest BCUT2D eigenvalue weighted by atomic mass is 35.5. The fourth-order valence-electron chi connectivity index (χ4n) is 3.77. The molecule has 2 aromatic carbocycles. The molecule has 7 heteroatoms. The first kappa shape index (κ1) is 22.2. The van der Waals surface area contributed by atoms with Gasteiger partial charge in [0.15, 0.2) is 0 Å². The molecule has 0 bridgehead atoms. The Labute approximate surface area is 191 Å². The Balaban J connectivity index is 1.41. The number of esters is 1. The van der Waals surface area contributed by atoms with Gasteiger partial charge in [0.25, 0.3) is 0 Å². The summed E-state index contributed by atoms with van der Waals surface area (Å²) in [5.41, 5.74) is 4.02. The maximum Gasteiger partial charge on any atom is 0.302 e. The first-order valence-electron chi connectivity index (χ1n) is 10.5. The predicted molar refractivity (Wildman–Crippen MR) is 121 cm³/mol. The van der Waals surface area contributed by atoms with Gasteiger partial charge in [-0.15, -0.1) is 0 Å². The summed E-state index contributed by atoms with van der Waals surface area (Å²) in [5, 5.41) is 0.471. The van der Waals surface area contributed by atoms with Crippen molar-refractivity contribution in [2.24, 2.45) is 0 Å². The Kier molecular flexibility index (Phi) is 7.02. The highest BCUT2D eigenvalue weighted by Crippen LogP contribution is 2.33. The lowest BCUT2D eigenvalue weighted by Gasteiger charge is -2.28.